The highest BCUT2D eigenvalue weighted by Gasteiger charge is 2.26. The van der Waals surface area contributed by atoms with E-state index in [0.717, 1.165) is 51.4 Å². The van der Waals surface area contributed by atoms with E-state index in [4.69, 9.17) is 24.1 Å². The van der Waals surface area contributed by atoms with Gasteiger partial charge in [0.2, 0.25) is 17.7 Å². The van der Waals surface area contributed by atoms with Crippen LogP contribution in [-0.4, -0.2) is 170 Å². The van der Waals surface area contributed by atoms with Crippen molar-refractivity contribution >= 4 is 64.7 Å². The highest BCUT2D eigenvalue weighted by molar-refractivity contribution is 5.87. The molecule has 0 rings (SSSR count). The molecule has 0 aromatic heterocycles. The Hall–Kier alpha value is -5.23. The maximum Gasteiger partial charge on any atom is 0.326 e. The first kappa shape index (κ1) is 73.8. The van der Waals surface area contributed by atoms with E-state index in [-0.39, 0.29) is 165 Å². The fourth-order valence-corrected chi connectivity index (χ4v) is 8.41. The van der Waals surface area contributed by atoms with Gasteiger partial charge in [0.25, 0.3) is 0 Å². The Kier molecular flexibility index (Phi) is 46.5. The summed E-state index contributed by atoms with van der Waals surface area (Å²) in [5.74, 6) is -8.98. The van der Waals surface area contributed by atoms with Crippen molar-refractivity contribution in [2.24, 2.45) is 11.8 Å². The van der Waals surface area contributed by atoms with Crippen LogP contribution < -0.4 is 21.3 Å². The van der Waals surface area contributed by atoms with Gasteiger partial charge in [0.15, 0.2) is 11.6 Å². The Morgan fingerprint density at radius 1 is 0.380 bits per heavy atom. The summed E-state index contributed by atoms with van der Waals surface area (Å²) in [6.07, 6.45) is 16.3. The van der Waals surface area contributed by atoms with Crippen LogP contribution in [0.4, 0.5) is 0 Å². The number of ether oxygens (including phenoxy) is 4. The first-order valence-corrected chi connectivity index (χ1v) is 28.6. The second kappa shape index (κ2) is 49.8. The largest absolute Gasteiger partial charge is 0.481 e. The minimum absolute atomic E-state index is 0.0283. The predicted molar refractivity (Wildman–Crippen MR) is 291 cm³/mol. The van der Waals surface area contributed by atoms with Crippen molar-refractivity contribution in [3.8, 4) is 0 Å². The number of ketones is 4. The lowest BCUT2D eigenvalue weighted by atomic mass is 9.91. The van der Waals surface area contributed by atoms with Crippen molar-refractivity contribution in [2.75, 3.05) is 73.0 Å². The zero-order chi connectivity index (χ0) is 58.9. The van der Waals surface area contributed by atoms with Crippen LogP contribution in [0.1, 0.15) is 193 Å². The monoisotopic (exact) mass is 1130 g/mol. The van der Waals surface area contributed by atoms with E-state index in [2.05, 4.69) is 21.3 Å². The van der Waals surface area contributed by atoms with Crippen molar-refractivity contribution < 1.29 is 92.1 Å². The zero-order valence-corrected chi connectivity index (χ0v) is 47.3. The lowest BCUT2D eigenvalue weighted by Gasteiger charge is -2.14. The molecule has 0 aliphatic heterocycles. The van der Waals surface area contributed by atoms with Crippen molar-refractivity contribution in [1.82, 2.24) is 21.3 Å². The summed E-state index contributed by atoms with van der Waals surface area (Å²) in [6.45, 7) is 2.40. The molecule has 0 aromatic rings. The van der Waals surface area contributed by atoms with Gasteiger partial charge in [-0.15, -0.1) is 0 Å². The number of rotatable bonds is 58. The molecule has 23 heteroatoms. The third-order valence-electron chi connectivity index (χ3n) is 13.1. The second-order valence-electron chi connectivity index (χ2n) is 20.1. The molecular formula is C56H96N4O19. The number of nitrogens with one attached hydrogen (secondary N) is 4. The molecule has 8 N–H and O–H groups in total. The molecule has 0 saturated carbocycles. The Morgan fingerprint density at radius 2 is 0.848 bits per heavy atom. The van der Waals surface area contributed by atoms with Gasteiger partial charge in [0.1, 0.15) is 30.8 Å². The highest BCUT2D eigenvalue weighted by Crippen LogP contribution is 2.19. The van der Waals surface area contributed by atoms with Crippen molar-refractivity contribution in [2.45, 2.75) is 205 Å². The standard InChI is InChI=1S/C56H96N4O19/c1-42(61)48(57-2)21-17-18-30-58-50(65)28-25-44(55(72)73)38-45(62)26-24-43(54(70)71)39-47(64)41-79-36-34-76-32-19-20-46(63)40-78-37-35-77-33-31-59-51(66)29-27-49(56(74)75)60-52(67)22-15-13-11-9-7-5-3-4-6-8-10-12-14-16-23-53(68)69/h43-44,48-49,57H,3-41H2,1-2H3,(H,58,65)(H,59,66)(H,60,67)(H,68,69)(H,70,71)(H,72,73)(H,74,75)/t43-,44-,48+,49+/m1/s1. The average Bonchev–Trinajstić information content (AvgIpc) is 3.39. The molecule has 0 unspecified atom stereocenters. The zero-order valence-electron chi connectivity index (χ0n) is 47.3. The maximum absolute atomic E-state index is 12.6. The number of hydrogen-bond donors (Lipinski definition) is 8. The summed E-state index contributed by atoms with van der Waals surface area (Å²) in [7, 11) is 1.70. The van der Waals surface area contributed by atoms with Gasteiger partial charge >= 0.3 is 23.9 Å². The van der Waals surface area contributed by atoms with Gasteiger partial charge in [-0.25, -0.2) is 4.79 Å². The third kappa shape index (κ3) is 46.3. The second-order valence-corrected chi connectivity index (χ2v) is 20.1. The van der Waals surface area contributed by atoms with Crippen LogP contribution in [0.3, 0.4) is 0 Å². The van der Waals surface area contributed by atoms with Crippen LogP contribution in [0.25, 0.3) is 0 Å². The van der Waals surface area contributed by atoms with Crippen molar-refractivity contribution in [3.05, 3.63) is 0 Å². The molecule has 0 aliphatic rings. The summed E-state index contributed by atoms with van der Waals surface area (Å²) in [4.78, 5) is 131. The lowest BCUT2D eigenvalue weighted by Crippen LogP contribution is -2.41. The Labute approximate surface area is 466 Å². The van der Waals surface area contributed by atoms with E-state index < -0.39 is 53.3 Å². The Morgan fingerprint density at radius 3 is 1.37 bits per heavy atom. The molecule has 3 amide bonds. The first-order chi connectivity index (χ1) is 37.9. The summed E-state index contributed by atoms with van der Waals surface area (Å²) >= 11 is 0. The minimum Gasteiger partial charge on any atom is -0.481 e. The SMILES string of the molecule is CN[C@@H](CCCCNC(=O)CC[C@H](CC(=O)CC[C@H](CC(=O)COCCOCCCC(=O)COCCOCCNC(=O)CC[C@H](NC(=O)CCCCCCCCCCCCCCCCC(=O)O)C(=O)O)C(=O)O)C(=O)O)C(C)=O. The van der Waals surface area contributed by atoms with Crippen LogP contribution in [-0.2, 0) is 71.7 Å². The molecule has 0 heterocycles. The van der Waals surface area contributed by atoms with Gasteiger partial charge in [-0.2, -0.15) is 0 Å². The van der Waals surface area contributed by atoms with Crippen LogP contribution in [0.5, 0.6) is 0 Å². The molecule has 23 nitrogen and oxygen atoms in total. The number of unbranched alkanes of at least 4 members (excludes halogenated alkanes) is 14. The van der Waals surface area contributed by atoms with Crippen LogP contribution in [0.15, 0.2) is 0 Å². The normalized spacial score (nSPS) is 12.7. The van der Waals surface area contributed by atoms with Gasteiger partial charge < -0.3 is 60.6 Å². The Bertz CT molecular complexity index is 1780. The first-order valence-electron chi connectivity index (χ1n) is 28.6. The molecule has 0 bridgehead atoms. The molecular weight excluding hydrogens is 1030 g/mol. The highest BCUT2D eigenvalue weighted by atomic mass is 16.5. The third-order valence-corrected chi connectivity index (χ3v) is 13.1. The quantitative estimate of drug-likeness (QED) is 0.0347. The number of carbonyl (C=O) groups is 11. The number of aliphatic carboxylic acids is 4. The average molecular weight is 1130 g/mol. The molecule has 0 saturated heterocycles. The van der Waals surface area contributed by atoms with Gasteiger partial charge in [-0.1, -0.05) is 77.0 Å². The van der Waals surface area contributed by atoms with Gasteiger partial charge in [-0.3, -0.25) is 47.9 Å². The van der Waals surface area contributed by atoms with Gasteiger partial charge in [-0.05, 0) is 71.8 Å². The number of hydrogen-bond acceptors (Lipinski definition) is 16. The van der Waals surface area contributed by atoms with Crippen LogP contribution in [0, 0.1) is 11.8 Å². The topological polar surface area (TPSA) is 354 Å². The number of amides is 3. The maximum atomic E-state index is 12.6. The minimum atomic E-state index is -1.28. The van der Waals surface area contributed by atoms with E-state index in [1.54, 1.807) is 7.05 Å². The number of Topliss-reactive ketones (excluding diaryl/α,β-unsaturated/α-hetero) is 4. The molecule has 79 heavy (non-hydrogen) atoms. The van der Waals surface area contributed by atoms with Crippen molar-refractivity contribution in [3.63, 3.8) is 0 Å². The summed E-state index contributed by atoms with van der Waals surface area (Å²) < 4.78 is 21.5. The number of carbonyl (C=O) groups excluding carboxylic acids is 7. The molecule has 0 radical (unpaired) electrons. The van der Waals surface area contributed by atoms with E-state index in [1.807, 2.05) is 0 Å². The summed E-state index contributed by atoms with van der Waals surface area (Å²) in [6, 6.07) is -1.42. The number of carboxylic acids is 4. The fourth-order valence-electron chi connectivity index (χ4n) is 8.41. The van der Waals surface area contributed by atoms with E-state index in [0.29, 0.717) is 38.6 Å². The fraction of sp³-hybridized carbons (Fsp3) is 0.804. The summed E-state index contributed by atoms with van der Waals surface area (Å²) in [5, 5.41) is 48.2. The Balaban J connectivity index is 3.97. The number of carboxylic acid groups (broad SMARTS) is 4. The number of likely N-dealkylation sites (N-methyl/N-ethyl adjacent to an activating group) is 1. The molecule has 454 valence electrons. The smallest absolute Gasteiger partial charge is 0.326 e. The molecule has 0 aromatic carbocycles. The molecule has 4 atom stereocenters. The lowest BCUT2D eigenvalue weighted by molar-refractivity contribution is -0.146. The van der Waals surface area contributed by atoms with Crippen molar-refractivity contribution in [1.29, 1.82) is 0 Å². The van der Waals surface area contributed by atoms with Crippen LogP contribution in [0.2, 0.25) is 0 Å². The van der Waals surface area contributed by atoms with Gasteiger partial charge in [0, 0.05) is 71.1 Å². The molecule has 0 aliphatic carbocycles. The van der Waals surface area contributed by atoms with E-state index in [1.165, 1.54) is 39.0 Å². The molecule has 0 fully saturated rings. The van der Waals surface area contributed by atoms with Gasteiger partial charge in [0.05, 0.1) is 50.9 Å². The molecule has 0 spiro atoms. The van der Waals surface area contributed by atoms with E-state index >= 15 is 0 Å². The summed E-state index contributed by atoms with van der Waals surface area (Å²) in [5.41, 5.74) is 0. The van der Waals surface area contributed by atoms with Crippen LogP contribution >= 0.6 is 0 Å². The van der Waals surface area contributed by atoms with E-state index in [9.17, 15) is 68.1 Å². The predicted octanol–water partition coefficient (Wildman–Crippen LogP) is 5.54.